The summed E-state index contributed by atoms with van der Waals surface area (Å²) in [7, 11) is 0. The third-order valence-electron chi connectivity index (χ3n) is 6.36. The van der Waals surface area contributed by atoms with E-state index in [1.54, 1.807) is 18.2 Å². The molecule has 0 spiro atoms. The molecule has 33 heavy (non-hydrogen) atoms. The minimum absolute atomic E-state index is 0.254. The van der Waals surface area contributed by atoms with Crippen LogP contribution in [0, 0.1) is 0 Å². The first-order chi connectivity index (χ1) is 16.1. The third kappa shape index (κ3) is 4.51. The lowest BCUT2D eigenvalue weighted by atomic mass is 10.2. The molecule has 0 aliphatic carbocycles. The van der Waals surface area contributed by atoms with Crippen molar-refractivity contribution >= 4 is 39.2 Å². The first-order valence-electron chi connectivity index (χ1n) is 11.4. The van der Waals surface area contributed by atoms with Gasteiger partial charge >= 0.3 is 0 Å². The molecule has 0 bridgehead atoms. The Morgan fingerprint density at radius 3 is 2.58 bits per heavy atom. The summed E-state index contributed by atoms with van der Waals surface area (Å²) in [6, 6.07) is 17.7. The van der Waals surface area contributed by atoms with Gasteiger partial charge in [0.25, 0.3) is 5.56 Å². The maximum atomic E-state index is 12.5. The zero-order valence-electron chi connectivity index (χ0n) is 18.5. The van der Waals surface area contributed by atoms with Crippen molar-refractivity contribution in [1.82, 2.24) is 19.5 Å². The lowest BCUT2D eigenvalue weighted by Gasteiger charge is -2.35. The Bertz CT molecular complexity index is 1350. The molecule has 1 saturated heterocycles. The molecular weight excluding hydrogens is 436 g/mol. The smallest absolute Gasteiger partial charge is 0.279 e. The van der Waals surface area contributed by atoms with Gasteiger partial charge < -0.3 is 10.7 Å². The molecular formula is C25H27ClN6O. The summed E-state index contributed by atoms with van der Waals surface area (Å²) in [6.07, 6.45) is 2.57. The van der Waals surface area contributed by atoms with Crippen LogP contribution in [0.25, 0.3) is 21.8 Å². The molecule has 8 heteroatoms. The van der Waals surface area contributed by atoms with Crippen LogP contribution in [-0.2, 0) is 6.42 Å². The normalized spacial score (nSPS) is 14.9. The van der Waals surface area contributed by atoms with Crippen molar-refractivity contribution in [1.29, 1.82) is 0 Å². The number of halogens is 1. The molecule has 170 valence electrons. The van der Waals surface area contributed by atoms with Gasteiger partial charge in [-0.1, -0.05) is 35.9 Å². The average Bonchev–Trinajstić information content (AvgIpc) is 2.85. The number of piperazine rings is 1. The van der Waals surface area contributed by atoms with E-state index in [-0.39, 0.29) is 5.56 Å². The van der Waals surface area contributed by atoms with Gasteiger partial charge in [-0.05, 0) is 49.7 Å². The van der Waals surface area contributed by atoms with Crippen molar-refractivity contribution in [3.05, 3.63) is 75.8 Å². The van der Waals surface area contributed by atoms with Crippen molar-refractivity contribution in [3.8, 4) is 0 Å². The van der Waals surface area contributed by atoms with Gasteiger partial charge in [0.15, 0.2) is 0 Å². The maximum Gasteiger partial charge on any atom is 0.279 e. The van der Waals surface area contributed by atoms with Gasteiger partial charge in [0.1, 0.15) is 11.6 Å². The summed E-state index contributed by atoms with van der Waals surface area (Å²) >= 11 is 6.23. The number of unbranched alkanes of at least 4 members (excludes halogenated alkanes) is 1. The Hall–Kier alpha value is -3.16. The SMILES string of the molecule is Nn1c(CCCCN2CCN(c3ccc4ccccc4n3)CC2)nc2c(Cl)cccc2c1=O. The first kappa shape index (κ1) is 21.7. The van der Waals surface area contributed by atoms with E-state index in [1.807, 2.05) is 12.1 Å². The van der Waals surface area contributed by atoms with Gasteiger partial charge in [-0.2, -0.15) is 0 Å². The van der Waals surface area contributed by atoms with Crippen LogP contribution in [0.5, 0.6) is 0 Å². The van der Waals surface area contributed by atoms with Crippen LogP contribution < -0.4 is 16.3 Å². The molecule has 1 fully saturated rings. The monoisotopic (exact) mass is 462 g/mol. The van der Waals surface area contributed by atoms with Crippen molar-refractivity contribution in [3.63, 3.8) is 0 Å². The minimum atomic E-state index is -0.254. The standard InChI is InChI=1S/C25H27ClN6O/c26-20-8-5-7-19-24(20)29-23(32(27)25(19)33)10-3-4-13-30-14-16-31(17-15-30)22-12-11-18-6-1-2-9-21(18)28-22/h1-2,5-9,11-12H,3-4,10,13-17,27H2. The molecule has 3 heterocycles. The zero-order valence-corrected chi connectivity index (χ0v) is 19.2. The van der Waals surface area contributed by atoms with E-state index in [2.05, 4.69) is 39.0 Å². The number of rotatable bonds is 6. The number of fused-ring (bicyclic) bond motifs is 2. The lowest BCUT2D eigenvalue weighted by Crippen LogP contribution is -2.46. The summed E-state index contributed by atoms with van der Waals surface area (Å²) < 4.78 is 1.16. The fourth-order valence-electron chi connectivity index (χ4n) is 4.46. The molecule has 2 aromatic carbocycles. The fourth-order valence-corrected chi connectivity index (χ4v) is 4.68. The highest BCUT2D eigenvalue weighted by Gasteiger charge is 2.18. The van der Waals surface area contributed by atoms with Crippen LogP contribution in [0.2, 0.25) is 5.02 Å². The molecule has 0 amide bonds. The highest BCUT2D eigenvalue weighted by molar-refractivity contribution is 6.34. The van der Waals surface area contributed by atoms with E-state index >= 15 is 0 Å². The van der Waals surface area contributed by atoms with Gasteiger partial charge in [0.2, 0.25) is 0 Å². The summed E-state index contributed by atoms with van der Waals surface area (Å²) in [6.45, 7) is 4.98. The summed E-state index contributed by atoms with van der Waals surface area (Å²) in [5.41, 5.74) is 1.31. The number of nitrogens with two attached hydrogens (primary N) is 1. The average molecular weight is 463 g/mol. The van der Waals surface area contributed by atoms with Crippen LogP contribution in [0.4, 0.5) is 5.82 Å². The van der Waals surface area contributed by atoms with E-state index in [9.17, 15) is 4.79 Å². The molecule has 1 aliphatic rings. The minimum Gasteiger partial charge on any atom is -0.354 e. The molecule has 2 aromatic heterocycles. The number of benzene rings is 2. The predicted octanol–water partition coefficient (Wildman–Crippen LogP) is 3.46. The van der Waals surface area contributed by atoms with Crippen molar-refractivity contribution in [2.45, 2.75) is 19.3 Å². The Balaban J connectivity index is 1.13. The van der Waals surface area contributed by atoms with Crippen molar-refractivity contribution in [2.24, 2.45) is 0 Å². The topological polar surface area (TPSA) is 80.3 Å². The Morgan fingerprint density at radius 1 is 0.909 bits per heavy atom. The number of nitrogens with zero attached hydrogens (tertiary/aromatic N) is 5. The fraction of sp³-hybridized carbons (Fsp3) is 0.320. The molecule has 5 rings (SSSR count). The van der Waals surface area contributed by atoms with Gasteiger partial charge in [0, 0.05) is 38.0 Å². The van der Waals surface area contributed by atoms with Crippen molar-refractivity contribution < 1.29 is 0 Å². The number of hydrogen-bond acceptors (Lipinski definition) is 6. The third-order valence-corrected chi connectivity index (χ3v) is 6.66. The molecule has 0 saturated carbocycles. The van der Waals surface area contributed by atoms with Gasteiger partial charge in [-0.15, -0.1) is 0 Å². The largest absolute Gasteiger partial charge is 0.354 e. The second-order valence-electron chi connectivity index (χ2n) is 8.49. The van der Waals surface area contributed by atoms with Crippen LogP contribution in [0.1, 0.15) is 18.7 Å². The van der Waals surface area contributed by atoms with Gasteiger partial charge in [-0.3, -0.25) is 9.69 Å². The van der Waals surface area contributed by atoms with Crippen LogP contribution in [0.3, 0.4) is 0 Å². The van der Waals surface area contributed by atoms with E-state index in [0.717, 1.165) is 61.6 Å². The predicted molar refractivity (Wildman–Crippen MR) is 134 cm³/mol. The Morgan fingerprint density at radius 2 is 1.73 bits per heavy atom. The number of pyridine rings is 1. The summed E-state index contributed by atoms with van der Waals surface area (Å²) in [5, 5.41) is 2.10. The number of para-hydroxylation sites is 2. The number of nitrogen functional groups attached to an aromatic ring is 1. The molecule has 0 unspecified atom stereocenters. The maximum absolute atomic E-state index is 12.5. The highest BCUT2D eigenvalue weighted by Crippen LogP contribution is 2.20. The number of aromatic nitrogens is 3. The van der Waals surface area contributed by atoms with E-state index in [0.29, 0.717) is 28.2 Å². The molecule has 0 atom stereocenters. The van der Waals surface area contributed by atoms with Gasteiger partial charge in [0.05, 0.1) is 21.4 Å². The summed E-state index contributed by atoms with van der Waals surface area (Å²) in [4.78, 5) is 26.8. The quantitative estimate of drug-likeness (QED) is 0.349. The second kappa shape index (κ2) is 9.37. The molecule has 0 radical (unpaired) electrons. The highest BCUT2D eigenvalue weighted by atomic mass is 35.5. The zero-order chi connectivity index (χ0) is 22.8. The first-order valence-corrected chi connectivity index (χ1v) is 11.8. The number of aryl methyl sites for hydroxylation is 1. The molecule has 2 N–H and O–H groups in total. The molecule has 1 aliphatic heterocycles. The van der Waals surface area contributed by atoms with Crippen LogP contribution in [-0.4, -0.2) is 52.3 Å². The van der Waals surface area contributed by atoms with E-state index in [4.69, 9.17) is 22.4 Å². The van der Waals surface area contributed by atoms with E-state index in [1.165, 1.54) is 5.39 Å². The molecule has 4 aromatic rings. The molecule has 7 nitrogen and oxygen atoms in total. The number of anilines is 1. The van der Waals surface area contributed by atoms with Gasteiger partial charge in [-0.25, -0.2) is 14.6 Å². The second-order valence-corrected chi connectivity index (χ2v) is 8.89. The lowest BCUT2D eigenvalue weighted by molar-refractivity contribution is 0.252. The number of hydrogen-bond donors (Lipinski definition) is 1. The summed E-state index contributed by atoms with van der Waals surface area (Å²) in [5.74, 6) is 7.63. The van der Waals surface area contributed by atoms with E-state index < -0.39 is 0 Å². The van der Waals surface area contributed by atoms with Crippen molar-refractivity contribution in [2.75, 3.05) is 43.5 Å². The Kier molecular flexibility index (Phi) is 6.15. The van der Waals surface area contributed by atoms with Crippen LogP contribution >= 0.6 is 11.6 Å². The Labute approximate surface area is 197 Å². The van der Waals surface area contributed by atoms with Crippen LogP contribution in [0.15, 0.2) is 59.4 Å².